The van der Waals surface area contributed by atoms with Gasteiger partial charge < -0.3 is 15.0 Å². The Balaban J connectivity index is 2.17. The van der Waals surface area contributed by atoms with Gasteiger partial charge in [0.2, 0.25) is 5.91 Å². The van der Waals surface area contributed by atoms with E-state index in [4.69, 9.17) is 16.3 Å². The minimum atomic E-state index is -0.566. The van der Waals surface area contributed by atoms with Crippen LogP contribution in [0.5, 0.6) is 5.75 Å². The fourth-order valence-corrected chi connectivity index (χ4v) is 3.37. The number of halogens is 1. The van der Waals surface area contributed by atoms with Crippen molar-refractivity contribution in [2.75, 3.05) is 13.2 Å². The zero-order valence-corrected chi connectivity index (χ0v) is 19.7. The Morgan fingerprint density at radius 2 is 1.77 bits per heavy atom. The second kappa shape index (κ2) is 12.4. The Morgan fingerprint density at radius 3 is 2.39 bits per heavy atom. The molecule has 0 saturated carbocycles. The summed E-state index contributed by atoms with van der Waals surface area (Å²) >= 11 is 6.00. The van der Waals surface area contributed by atoms with E-state index in [1.54, 1.807) is 17.0 Å². The number of hydrogen-bond acceptors (Lipinski definition) is 3. The van der Waals surface area contributed by atoms with Crippen molar-refractivity contribution >= 4 is 23.4 Å². The summed E-state index contributed by atoms with van der Waals surface area (Å²) in [5, 5.41) is 3.59. The van der Waals surface area contributed by atoms with Crippen LogP contribution in [0, 0.1) is 13.8 Å². The summed E-state index contributed by atoms with van der Waals surface area (Å²) in [4.78, 5) is 27.6. The van der Waals surface area contributed by atoms with Crippen LogP contribution in [-0.4, -0.2) is 35.9 Å². The average Bonchev–Trinajstić information content (AvgIpc) is 2.75. The van der Waals surface area contributed by atoms with Gasteiger partial charge >= 0.3 is 0 Å². The SMILES string of the molecule is CCCCNC(=O)[C@H](CC)N(Cc1ccc(Cl)cc1)C(=O)COc1ccc(C)c(C)c1. The number of benzene rings is 2. The first-order valence-corrected chi connectivity index (χ1v) is 11.2. The maximum absolute atomic E-state index is 13.2. The Labute approximate surface area is 190 Å². The highest BCUT2D eigenvalue weighted by Crippen LogP contribution is 2.18. The van der Waals surface area contributed by atoms with Crippen molar-refractivity contribution in [1.29, 1.82) is 0 Å². The first kappa shape index (κ1) is 24.7. The Bertz CT molecular complexity index is 868. The van der Waals surface area contributed by atoms with Gasteiger partial charge in [-0.1, -0.05) is 50.1 Å². The standard InChI is InChI=1S/C25H33ClN2O3/c1-5-7-14-27-25(30)23(6-2)28(16-20-9-11-21(26)12-10-20)24(29)17-31-22-13-8-18(3)19(4)15-22/h8-13,15,23H,5-7,14,16-17H2,1-4H3,(H,27,30)/t23-/m0/s1. The van der Waals surface area contributed by atoms with Crippen molar-refractivity contribution in [2.24, 2.45) is 0 Å². The van der Waals surface area contributed by atoms with E-state index in [1.165, 1.54) is 0 Å². The van der Waals surface area contributed by atoms with Gasteiger partial charge in [-0.3, -0.25) is 9.59 Å². The third-order valence-corrected chi connectivity index (χ3v) is 5.57. The van der Waals surface area contributed by atoms with Gasteiger partial charge in [0.25, 0.3) is 5.91 Å². The maximum atomic E-state index is 13.2. The summed E-state index contributed by atoms with van der Waals surface area (Å²) in [5.74, 6) is 0.276. The summed E-state index contributed by atoms with van der Waals surface area (Å²) in [6, 6.07) is 12.5. The molecule has 0 aliphatic heterocycles. The van der Waals surface area contributed by atoms with Crippen LogP contribution in [0.4, 0.5) is 0 Å². The molecule has 5 nitrogen and oxygen atoms in total. The maximum Gasteiger partial charge on any atom is 0.261 e. The zero-order chi connectivity index (χ0) is 22.8. The van der Waals surface area contributed by atoms with Crippen LogP contribution in [0.2, 0.25) is 5.02 Å². The van der Waals surface area contributed by atoms with E-state index >= 15 is 0 Å². The quantitative estimate of drug-likeness (QED) is 0.493. The normalized spacial score (nSPS) is 11.6. The number of hydrogen-bond donors (Lipinski definition) is 1. The molecule has 2 aromatic rings. The molecule has 0 bridgehead atoms. The van der Waals surface area contributed by atoms with Gasteiger partial charge in [-0.05, 0) is 67.6 Å². The average molecular weight is 445 g/mol. The van der Waals surface area contributed by atoms with Gasteiger partial charge in [0.1, 0.15) is 11.8 Å². The molecule has 0 heterocycles. The number of nitrogens with one attached hydrogen (secondary N) is 1. The summed E-state index contributed by atoms with van der Waals surface area (Å²) in [6.07, 6.45) is 2.42. The largest absolute Gasteiger partial charge is 0.484 e. The van der Waals surface area contributed by atoms with Gasteiger partial charge in [0.05, 0.1) is 0 Å². The second-order valence-corrected chi connectivity index (χ2v) is 8.19. The molecule has 2 aromatic carbocycles. The minimum absolute atomic E-state index is 0.130. The molecule has 2 rings (SSSR count). The summed E-state index contributed by atoms with van der Waals surface area (Å²) in [6.45, 7) is 8.81. The van der Waals surface area contributed by atoms with Crippen LogP contribution in [0.15, 0.2) is 42.5 Å². The highest BCUT2D eigenvalue weighted by molar-refractivity contribution is 6.30. The summed E-state index contributed by atoms with van der Waals surface area (Å²) in [7, 11) is 0. The van der Waals surface area contributed by atoms with Crippen LogP contribution in [0.25, 0.3) is 0 Å². The lowest BCUT2D eigenvalue weighted by molar-refractivity contribution is -0.143. The van der Waals surface area contributed by atoms with Crippen molar-refractivity contribution in [1.82, 2.24) is 10.2 Å². The van der Waals surface area contributed by atoms with Crippen molar-refractivity contribution in [3.8, 4) is 5.75 Å². The number of unbranched alkanes of at least 4 members (excludes halogenated alkanes) is 1. The minimum Gasteiger partial charge on any atom is -0.484 e. The lowest BCUT2D eigenvalue weighted by Crippen LogP contribution is -2.50. The number of carbonyl (C=O) groups is 2. The Hall–Kier alpha value is -2.53. The van der Waals surface area contributed by atoms with E-state index in [2.05, 4.69) is 12.2 Å². The van der Waals surface area contributed by atoms with Gasteiger partial charge in [-0.2, -0.15) is 0 Å². The fraction of sp³-hybridized carbons (Fsp3) is 0.440. The third-order valence-electron chi connectivity index (χ3n) is 5.32. The van der Waals surface area contributed by atoms with Gasteiger partial charge in [0.15, 0.2) is 6.61 Å². The number of carbonyl (C=O) groups excluding carboxylic acids is 2. The molecule has 1 atom stereocenters. The van der Waals surface area contributed by atoms with Gasteiger partial charge in [-0.15, -0.1) is 0 Å². The molecule has 0 fully saturated rings. The molecule has 0 aliphatic rings. The number of ether oxygens (including phenoxy) is 1. The predicted octanol–water partition coefficient (Wildman–Crippen LogP) is 5.06. The predicted molar refractivity (Wildman–Crippen MR) is 125 cm³/mol. The topological polar surface area (TPSA) is 58.6 Å². The van der Waals surface area contributed by atoms with Crippen molar-refractivity contribution in [3.63, 3.8) is 0 Å². The lowest BCUT2D eigenvalue weighted by Gasteiger charge is -2.30. The summed E-state index contributed by atoms with van der Waals surface area (Å²) in [5.41, 5.74) is 3.17. The molecule has 1 N–H and O–H groups in total. The lowest BCUT2D eigenvalue weighted by atomic mass is 10.1. The van der Waals surface area contributed by atoms with E-state index in [0.29, 0.717) is 30.3 Å². The highest BCUT2D eigenvalue weighted by atomic mass is 35.5. The first-order valence-electron chi connectivity index (χ1n) is 10.9. The van der Waals surface area contributed by atoms with Crippen LogP contribution in [0.1, 0.15) is 49.8 Å². The molecule has 0 aromatic heterocycles. The zero-order valence-electron chi connectivity index (χ0n) is 18.9. The summed E-state index contributed by atoms with van der Waals surface area (Å²) < 4.78 is 5.77. The number of aryl methyl sites for hydroxylation is 2. The molecule has 0 spiro atoms. The Morgan fingerprint density at radius 1 is 1.06 bits per heavy atom. The highest BCUT2D eigenvalue weighted by Gasteiger charge is 2.28. The number of nitrogens with zero attached hydrogens (tertiary/aromatic N) is 1. The van der Waals surface area contributed by atoms with Crippen molar-refractivity contribution in [3.05, 3.63) is 64.2 Å². The second-order valence-electron chi connectivity index (χ2n) is 7.75. The third kappa shape index (κ3) is 7.59. The smallest absolute Gasteiger partial charge is 0.261 e. The molecule has 0 unspecified atom stereocenters. The number of rotatable bonds is 11. The van der Waals surface area contributed by atoms with E-state index in [0.717, 1.165) is 29.5 Å². The number of amides is 2. The molecule has 6 heteroatoms. The van der Waals surface area contributed by atoms with Crippen molar-refractivity contribution in [2.45, 2.75) is 59.5 Å². The van der Waals surface area contributed by atoms with E-state index < -0.39 is 6.04 Å². The molecular weight excluding hydrogens is 412 g/mol. The van der Waals surface area contributed by atoms with Crippen LogP contribution in [-0.2, 0) is 16.1 Å². The Kier molecular flexibility index (Phi) is 9.86. The molecule has 31 heavy (non-hydrogen) atoms. The van der Waals surface area contributed by atoms with Crippen LogP contribution in [0.3, 0.4) is 0 Å². The van der Waals surface area contributed by atoms with E-state index in [1.807, 2.05) is 51.1 Å². The van der Waals surface area contributed by atoms with Crippen LogP contribution >= 0.6 is 11.6 Å². The molecule has 168 valence electrons. The monoisotopic (exact) mass is 444 g/mol. The van der Waals surface area contributed by atoms with Crippen LogP contribution < -0.4 is 10.1 Å². The molecule has 2 amide bonds. The van der Waals surface area contributed by atoms with Crippen molar-refractivity contribution < 1.29 is 14.3 Å². The molecule has 0 radical (unpaired) electrons. The molecule has 0 saturated heterocycles. The first-order chi connectivity index (χ1) is 14.8. The van der Waals surface area contributed by atoms with E-state index in [-0.39, 0.29) is 18.4 Å². The van der Waals surface area contributed by atoms with Gasteiger partial charge in [-0.25, -0.2) is 0 Å². The molecular formula is C25H33ClN2O3. The molecule has 0 aliphatic carbocycles. The van der Waals surface area contributed by atoms with E-state index in [9.17, 15) is 9.59 Å². The van der Waals surface area contributed by atoms with Gasteiger partial charge in [0, 0.05) is 18.1 Å². The fourth-order valence-electron chi connectivity index (χ4n) is 3.24.